The van der Waals surface area contributed by atoms with Gasteiger partial charge < -0.3 is 16.0 Å². The van der Waals surface area contributed by atoms with Crippen LogP contribution in [0.4, 0.5) is 0 Å². The second-order valence-electron chi connectivity index (χ2n) is 3.87. The molecule has 0 aliphatic carbocycles. The van der Waals surface area contributed by atoms with E-state index in [-0.39, 0.29) is 11.7 Å². The highest BCUT2D eigenvalue weighted by molar-refractivity contribution is 7.99. The van der Waals surface area contributed by atoms with Gasteiger partial charge in [-0.1, -0.05) is 29.4 Å². The van der Waals surface area contributed by atoms with Crippen LogP contribution >= 0.6 is 11.8 Å². The van der Waals surface area contributed by atoms with Gasteiger partial charge in [-0.05, 0) is 5.56 Å². The van der Waals surface area contributed by atoms with Gasteiger partial charge in [0.25, 0.3) is 0 Å². The molecule has 0 fully saturated rings. The van der Waals surface area contributed by atoms with E-state index in [4.69, 9.17) is 16.0 Å². The van der Waals surface area contributed by atoms with Crippen LogP contribution in [0.15, 0.2) is 28.8 Å². The molecular formula is C12H14N4O2S. The summed E-state index contributed by atoms with van der Waals surface area (Å²) in [5.41, 5.74) is 12.5. The number of hydrogen-bond donors (Lipinski definition) is 2. The molecule has 2 rings (SSSR count). The monoisotopic (exact) mass is 278 g/mol. The summed E-state index contributed by atoms with van der Waals surface area (Å²) in [6, 6.07) is 7.64. The fourth-order valence-electron chi connectivity index (χ4n) is 1.46. The number of amides is 1. The van der Waals surface area contributed by atoms with Gasteiger partial charge in [0.1, 0.15) is 0 Å². The van der Waals surface area contributed by atoms with E-state index in [0.717, 1.165) is 11.1 Å². The summed E-state index contributed by atoms with van der Waals surface area (Å²) in [5, 5.41) is 3.89. The zero-order valence-electron chi connectivity index (χ0n) is 10.2. The van der Waals surface area contributed by atoms with Gasteiger partial charge in [0, 0.05) is 12.1 Å². The molecule has 100 valence electrons. The van der Waals surface area contributed by atoms with Gasteiger partial charge >= 0.3 is 0 Å². The third-order valence-electron chi connectivity index (χ3n) is 2.39. The molecule has 1 heterocycles. The van der Waals surface area contributed by atoms with Gasteiger partial charge in [0.05, 0.1) is 11.5 Å². The molecule has 0 atom stereocenters. The molecule has 19 heavy (non-hydrogen) atoms. The van der Waals surface area contributed by atoms with E-state index < -0.39 is 0 Å². The van der Waals surface area contributed by atoms with Crippen LogP contribution in [0.25, 0.3) is 11.4 Å². The minimum atomic E-state index is -0.359. The van der Waals surface area contributed by atoms with Crippen molar-refractivity contribution in [1.29, 1.82) is 0 Å². The molecule has 0 spiro atoms. The molecule has 1 aromatic heterocycles. The lowest BCUT2D eigenvalue weighted by atomic mass is 10.1. The Morgan fingerprint density at radius 3 is 2.68 bits per heavy atom. The number of aromatic nitrogens is 2. The van der Waals surface area contributed by atoms with E-state index in [1.54, 1.807) is 0 Å². The van der Waals surface area contributed by atoms with E-state index in [0.29, 0.717) is 24.0 Å². The van der Waals surface area contributed by atoms with Gasteiger partial charge in [0.2, 0.25) is 17.6 Å². The first kappa shape index (κ1) is 13.6. The maximum Gasteiger partial charge on any atom is 0.236 e. The maximum absolute atomic E-state index is 10.6. The fraction of sp³-hybridized carbons (Fsp3) is 0.250. The van der Waals surface area contributed by atoms with Crippen molar-refractivity contribution in [3.8, 4) is 11.4 Å². The lowest BCUT2D eigenvalue weighted by molar-refractivity contribution is -0.115. The van der Waals surface area contributed by atoms with E-state index in [1.165, 1.54) is 11.8 Å². The molecule has 0 saturated carbocycles. The Hall–Kier alpha value is -1.86. The molecule has 1 amide bonds. The topological polar surface area (TPSA) is 108 Å². The molecule has 0 bridgehead atoms. The number of thioether (sulfide) groups is 1. The predicted octanol–water partition coefficient (Wildman–Crippen LogP) is 0.914. The smallest absolute Gasteiger partial charge is 0.236 e. The van der Waals surface area contributed by atoms with Crippen LogP contribution in [-0.2, 0) is 17.1 Å². The van der Waals surface area contributed by atoms with Gasteiger partial charge in [-0.15, -0.1) is 11.8 Å². The minimum absolute atomic E-state index is 0.239. The number of rotatable bonds is 6. The second-order valence-corrected chi connectivity index (χ2v) is 4.86. The molecule has 0 saturated heterocycles. The van der Waals surface area contributed by atoms with Crippen molar-refractivity contribution >= 4 is 17.7 Å². The maximum atomic E-state index is 10.6. The summed E-state index contributed by atoms with van der Waals surface area (Å²) in [6.07, 6.45) is 0. The molecule has 7 heteroatoms. The summed E-state index contributed by atoms with van der Waals surface area (Å²) in [7, 11) is 0. The number of carbonyl (C=O) groups is 1. The molecule has 2 aromatic rings. The first-order valence-electron chi connectivity index (χ1n) is 5.67. The first-order valence-corrected chi connectivity index (χ1v) is 6.82. The Bertz CT molecular complexity index is 553. The summed E-state index contributed by atoms with van der Waals surface area (Å²) < 4.78 is 5.10. The first-order chi connectivity index (χ1) is 9.19. The standard InChI is InChI=1S/C12H14N4O2S/c13-5-8-1-3-9(4-2-8)12-15-11(18-16-12)7-19-6-10(14)17/h1-4H,5-7,13H2,(H2,14,17). The molecule has 4 N–H and O–H groups in total. The number of benzene rings is 1. The minimum Gasteiger partial charge on any atom is -0.369 e. The lowest BCUT2D eigenvalue weighted by Crippen LogP contribution is -2.13. The quantitative estimate of drug-likeness (QED) is 0.813. The largest absolute Gasteiger partial charge is 0.369 e. The lowest BCUT2D eigenvalue weighted by Gasteiger charge is -1.97. The van der Waals surface area contributed by atoms with Crippen molar-refractivity contribution in [2.45, 2.75) is 12.3 Å². The van der Waals surface area contributed by atoms with Crippen LogP contribution in [-0.4, -0.2) is 21.8 Å². The van der Waals surface area contributed by atoms with Gasteiger partial charge in [0.15, 0.2) is 0 Å². The zero-order valence-corrected chi connectivity index (χ0v) is 11.0. The Morgan fingerprint density at radius 2 is 2.05 bits per heavy atom. The third-order valence-corrected chi connectivity index (χ3v) is 3.33. The summed E-state index contributed by atoms with van der Waals surface area (Å²) in [5.74, 6) is 1.35. The number of carbonyl (C=O) groups excluding carboxylic acids is 1. The SMILES string of the molecule is NCc1ccc(-c2noc(CSCC(N)=O)n2)cc1. The number of hydrogen-bond acceptors (Lipinski definition) is 6. The third kappa shape index (κ3) is 3.80. The van der Waals surface area contributed by atoms with Crippen LogP contribution in [0.2, 0.25) is 0 Å². The molecule has 0 unspecified atom stereocenters. The predicted molar refractivity (Wildman–Crippen MR) is 73.0 cm³/mol. The van der Waals surface area contributed by atoms with Gasteiger partial charge in [-0.25, -0.2) is 0 Å². The average Bonchev–Trinajstić information content (AvgIpc) is 2.87. The molecule has 0 aliphatic rings. The Kier molecular flexibility index (Phi) is 4.53. The highest BCUT2D eigenvalue weighted by atomic mass is 32.2. The highest BCUT2D eigenvalue weighted by Crippen LogP contribution is 2.18. The van der Waals surface area contributed by atoms with E-state index in [9.17, 15) is 4.79 Å². The van der Waals surface area contributed by atoms with Crippen molar-refractivity contribution in [2.24, 2.45) is 11.5 Å². The summed E-state index contributed by atoms with van der Waals surface area (Å²) in [4.78, 5) is 14.9. The van der Waals surface area contributed by atoms with Crippen molar-refractivity contribution in [1.82, 2.24) is 10.1 Å². The van der Waals surface area contributed by atoms with Gasteiger partial charge in [-0.2, -0.15) is 4.98 Å². The highest BCUT2D eigenvalue weighted by Gasteiger charge is 2.09. The molecule has 0 aliphatic heterocycles. The number of nitrogens with zero attached hydrogens (tertiary/aromatic N) is 2. The van der Waals surface area contributed by atoms with E-state index in [2.05, 4.69) is 10.1 Å². The number of nitrogens with two attached hydrogens (primary N) is 2. The van der Waals surface area contributed by atoms with Crippen LogP contribution in [0.3, 0.4) is 0 Å². The molecule has 0 radical (unpaired) electrons. The van der Waals surface area contributed by atoms with Crippen LogP contribution in [0.1, 0.15) is 11.5 Å². The Morgan fingerprint density at radius 1 is 1.32 bits per heavy atom. The van der Waals surface area contributed by atoms with Crippen molar-refractivity contribution in [2.75, 3.05) is 5.75 Å². The molecule has 6 nitrogen and oxygen atoms in total. The molecular weight excluding hydrogens is 264 g/mol. The van der Waals surface area contributed by atoms with Crippen molar-refractivity contribution in [3.05, 3.63) is 35.7 Å². The summed E-state index contributed by atoms with van der Waals surface area (Å²) in [6.45, 7) is 0.502. The van der Waals surface area contributed by atoms with Crippen molar-refractivity contribution < 1.29 is 9.32 Å². The van der Waals surface area contributed by atoms with E-state index >= 15 is 0 Å². The average molecular weight is 278 g/mol. The van der Waals surface area contributed by atoms with E-state index in [1.807, 2.05) is 24.3 Å². The van der Waals surface area contributed by atoms with Crippen LogP contribution in [0.5, 0.6) is 0 Å². The van der Waals surface area contributed by atoms with Gasteiger partial charge in [-0.3, -0.25) is 4.79 Å². The zero-order chi connectivity index (χ0) is 13.7. The Balaban J connectivity index is 2.01. The normalized spacial score (nSPS) is 10.6. The Labute approximate surface area is 114 Å². The van der Waals surface area contributed by atoms with Crippen molar-refractivity contribution in [3.63, 3.8) is 0 Å². The number of primary amides is 1. The van der Waals surface area contributed by atoms with Crippen LogP contribution < -0.4 is 11.5 Å². The van der Waals surface area contributed by atoms with Crippen LogP contribution in [0, 0.1) is 0 Å². The fourth-order valence-corrected chi connectivity index (χ4v) is 2.05. The second kappa shape index (κ2) is 6.35. The summed E-state index contributed by atoms with van der Waals surface area (Å²) >= 11 is 1.34. The molecule has 1 aromatic carbocycles.